The summed E-state index contributed by atoms with van der Waals surface area (Å²) in [6, 6.07) is 0.298. The van der Waals surface area contributed by atoms with Gasteiger partial charge in [-0.2, -0.15) is 0 Å². The second kappa shape index (κ2) is 3.98. The summed E-state index contributed by atoms with van der Waals surface area (Å²) in [5, 5.41) is 0. The zero-order valence-electron chi connectivity index (χ0n) is 10.9. The van der Waals surface area contributed by atoms with Gasteiger partial charge in [-0.1, -0.05) is 0 Å². The van der Waals surface area contributed by atoms with E-state index in [0.29, 0.717) is 24.4 Å². The molecule has 2 bridgehead atoms. The van der Waals surface area contributed by atoms with E-state index < -0.39 is 0 Å². The highest BCUT2D eigenvalue weighted by molar-refractivity contribution is 5.83. The Balaban J connectivity index is 1.61. The SMILES string of the molecule is CC(CCN)N(C)C(=O)C1C2C3CCC(C3)C12. The van der Waals surface area contributed by atoms with Gasteiger partial charge in [0.25, 0.3) is 0 Å². The first-order valence-corrected chi connectivity index (χ1v) is 7.12. The van der Waals surface area contributed by atoms with Gasteiger partial charge < -0.3 is 10.6 Å². The third-order valence-corrected chi connectivity index (χ3v) is 5.61. The molecule has 0 aliphatic heterocycles. The lowest BCUT2D eigenvalue weighted by atomic mass is 10.0. The van der Waals surface area contributed by atoms with Gasteiger partial charge in [-0.15, -0.1) is 0 Å². The molecule has 3 saturated carbocycles. The molecule has 3 aliphatic carbocycles. The van der Waals surface area contributed by atoms with E-state index in [0.717, 1.165) is 30.1 Å². The molecule has 3 aliphatic rings. The normalized spacial score (nSPS) is 43.4. The van der Waals surface area contributed by atoms with E-state index in [2.05, 4.69) is 6.92 Å². The first-order chi connectivity index (χ1) is 8.15. The van der Waals surface area contributed by atoms with Crippen molar-refractivity contribution < 1.29 is 4.79 Å². The molecule has 3 heteroatoms. The van der Waals surface area contributed by atoms with E-state index in [1.807, 2.05) is 11.9 Å². The van der Waals surface area contributed by atoms with Crippen molar-refractivity contribution in [3.63, 3.8) is 0 Å². The summed E-state index contributed by atoms with van der Waals surface area (Å²) in [5.74, 6) is 4.07. The van der Waals surface area contributed by atoms with E-state index >= 15 is 0 Å². The van der Waals surface area contributed by atoms with Gasteiger partial charge in [0, 0.05) is 19.0 Å². The third-order valence-electron chi connectivity index (χ3n) is 5.61. The fourth-order valence-electron chi connectivity index (χ4n) is 4.54. The van der Waals surface area contributed by atoms with Gasteiger partial charge in [0.1, 0.15) is 0 Å². The minimum absolute atomic E-state index is 0.298. The van der Waals surface area contributed by atoms with Gasteiger partial charge >= 0.3 is 0 Å². The zero-order valence-corrected chi connectivity index (χ0v) is 10.9. The largest absolute Gasteiger partial charge is 0.343 e. The molecule has 0 radical (unpaired) electrons. The first-order valence-electron chi connectivity index (χ1n) is 7.12. The van der Waals surface area contributed by atoms with Gasteiger partial charge in [0.2, 0.25) is 5.91 Å². The predicted molar refractivity (Wildman–Crippen MR) is 67.2 cm³/mol. The van der Waals surface area contributed by atoms with Crippen LogP contribution in [0.5, 0.6) is 0 Å². The van der Waals surface area contributed by atoms with Gasteiger partial charge in [0.15, 0.2) is 0 Å². The molecule has 17 heavy (non-hydrogen) atoms. The van der Waals surface area contributed by atoms with Crippen LogP contribution in [0.25, 0.3) is 0 Å². The maximum atomic E-state index is 12.4. The van der Waals surface area contributed by atoms with Gasteiger partial charge in [-0.05, 0) is 62.8 Å². The summed E-state index contributed by atoms with van der Waals surface area (Å²) < 4.78 is 0. The number of carbonyl (C=O) groups is 1. The Labute approximate surface area is 104 Å². The fourth-order valence-corrected chi connectivity index (χ4v) is 4.54. The Morgan fingerprint density at radius 2 is 1.94 bits per heavy atom. The van der Waals surface area contributed by atoms with Crippen LogP contribution in [0.2, 0.25) is 0 Å². The smallest absolute Gasteiger partial charge is 0.226 e. The van der Waals surface area contributed by atoms with Crippen LogP contribution in [-0.2, 0) is 4.79 Å². The highest BCUT2D eigenvalue weighted by atomic mass is 16.2. The van der Waals surface area contributed by atoms with E-state index in [9.17, 15) is 4.79 Å². The molecule has 5 atom stereocenters. The number of hydrogen-bond donors (Lipinski definition) is 1. The van der Waals surface area contributed by atoms with Gasteiger partial charge in [-0.25, -0.2) is 0 Å². The molecule has 0 saturated heterocycles. The Morgan fingerprint density at radius 1 is 1.35 bits per heavy atom. The molecule has 0 aromatic rings. The predicted octanol–water partition coefficient (Wildman–Crippen LogP) is 1.47. The second-order valence-corrected chi connectivity index (χ2v) is 6.39. The molecule has 2 N–H and O–H groups in total. The lowest BCUT2D eigenvalue weighted by Gasteiger charge is -2.25. The van der Waals surface area contributed by atoms with E-state index in [1.165, 1.54) is 19.3 Å². The maximum Gasteiger partial charge on any atom is 0.226 e. The maximum absolute atomic E-state index is 12.4. The van der Waals surface area contributed by atoms with Crippen LogP contribution in [0.15, 0.2) is 0 Å². The average Bonchev–Trinajstić information content (AvgIpc) is 2.75. The minimum Gasteiger partial charge on any atom is -0.343 e. The van der Waals surface area contributed by atoms with Crippen molar-refractivity contribution in [2.24, 2.45) is 35.3 Å². The molecule has 0 aromatic carbocycles. The summed E-state index contributed by atoms with van der Waals surface area (Å²) in [6.45, 7) is 2.78. The van der Waals surface area contributed by atoms with Crippen LogP contribution in [0.1, 0.15) is 32.6 Å². The molecule has 0 spiro atoms. The number of hydrogen-bond acceptors (Lipinski definition) is 2. The van der Waals surface area contributed by atoms with Crippen LogP contribution < -0.4 is 5.73 Å². The highest BCUT2D eigenvalue weighted by Crippen LogP contribution is 2.69. The Kier molecular flexibility index (Phi) is 2.69. The van der Waals surface area contributed by atoms with Crippen LogP contribution in [0.4, 0.5) is 0 Å². The quantitative estimate of drug-likeness (QED) is 0.803. The molecule has 1 amide bonds. The molecule has 3 nitrogen and oxygen atoms in total. The summed E-state index contributed by atoms with van der Waals surface area (Å²) >= 11 is 0. The molecule has 5 unspecified atom stereocenters. The molecular weight excluding hydrogens is 212 g/mol. The van der Waals surface area contributed by atoms with Gasteiger partial charge in [-0.3, -0.25) is 4.79 Å². The van der Waals surface area contributed by atoms with Crippen molar-refractivity contribution in [2.45, 2.75) is 38.6 Å². The van der Waals surface area contributed by atoms with Crippen molar-refractivity contribution in [2.75, 3.05) is 13.6 Å². The lowest BCUT2D eigenvalue weighted by Crippen LogP contribution is -2.38. The number of amides is 1. The topological polar surface area (TPSA) is 46.3 Å². The summed E-state index contributed by atoms with van der Waals surface area (Å²) in [6.07, 6.45) is 5.10. The van der Waals surface area contributed by atoms with Crippen molar-refractivity contribution in [1.29, 1.82) is 0 Å². The van der Waals surface area contributed by atoms with Crippen LogP contribution >= 0.6 is 0 Å². The van der Waals surface area contributed by atoms with E-state index in [4.69, 9.17) is 5.73 Å². The molecule has 96 valence electrons. The lowest BCUT2D eigenvalue weighted by molar-refractivity contribution is -0.134. The van der Waals surface area contributed by atoms with Crippen molar-refractivity contribution in [1.82, 2.24) is 4.90 Å². The Hall–Kier alpha value is -0.570. The molecule has 0 aromatic heterocycles. The monoisotopic (exact) mass is 236 g/mol. The number of nitrogens with two attached hydrogens (primary N) is 1. The van der Waals surface area contributed by atoms with E-state index in [-0.39, 0.29) is 0 Å². The summed E-state index contributed by atoms with van der Waals surface area (Å²) in [5.41, 5.74) is 5.57. The average molecular weight is 236 g/mol. The van der Waals surface area contributed by atoms with Crippen LogP contribution in [0, 0.1) is 29.6 Å². The van der Waals surface area contributed by atoms with Crippen molar-refractivity contribution >= 4 is 5.91 Å². The molecule has 3 rings (SSSR count). The number of rotatable bonds is 4. The van der Waals surface area contributed by atoms with E-state index in [1.54, 1.807) is 0 Å². The fraction of sp³-hybridized carbons (Fsp3) is 0.929. The Morgan fingerprint density at radius 3 is 2.47 bits per heavy atom. The number of fused-ring (bicyclic) bond motifs is 5. The molecule has 3 fully saturated rings. The van der Waals surface area contributed by atoms with Crippen LogP contribution in [-0.4, -0.2) is 30.4 Å². The summed E-state index contributed by atoms with van der Waals surface area (Å²) in [4.78, 5) is 14.4. The third kappa shape index (κ3) is 1.62. The Bertz CT molecular complexity index is 314. The second-order valence-electron chi connectivity index (χ2n) is 6.39. The highest BCUT2D eigenvalue weighted by Gasteiger charge is 2.67. The molecular formula is C14H24N2O. The molecule has 0 heterocycles. The number of nitrogens with zero attached hydrogens (tertiary/aromatic N) is 1. The van der Waals surface area contributed by atoms with Gasteiger partial charge in [0.05, 0.1) is 0 Å². The van der Waals surface area contributed by atoms with Crippen LogP contribution in [0.3, 0.4) is 0 Å². The standard InChI is InChI=1S/C14H24N2O/c1-8(5-6-15)16(2)14(17)13-11-9-3-4-10(7-9)12(11)13/h8-13H,3-7,15H2,1-2H3. The minimum atomic E-state index is 0.298. The summed E-state index contributed by atoms with van der Waals surface area (Å²) in [7, 11) is 1.96. The van der Waals surface area contributed by atoms with Crippen molar-refractivity contribution in [3.8, 4) is 0 Å². The first kappa shape index (κ1) is 11.5. The van der Waals surface area contributed by atoms with Crippen molar-refractivity contribution in [3.05, 3.63) is 0 Å². The number of carbonyl (C=O) groups excluding carboxylic acids is 1. The zero-order chi connectivity index (χ0) is 12.2.